The molecule has 0 bridgehead atoms. The predicted octanol–water partition coefficient (Wildman–Crippen LogP) is 2.74. The van der Waals surface area contributed by atoms with Crippen LogP contribution in [0.25, 0.3) is 0 Å². The molecule has 0 heterocycles. The number of halogens is 2. The van der Waals surface area contributed by atoms with Gasteiger partial charge in [0.2, 0.25) is 0 Å². The molecule has 0 unspecified atom stereocenters. The number of aldehydes is 1. The second-order valence-electron chi connectivity index (χ2n) is 1.90. The molecule has 0 radical (unpaired) electrons. The number of hydrogen-bond acceptors (Lipinski definition) is 1. The van der Waals surface area contributed by atoms with Gasteiger partial charge in [0.05, 0.1) is 0 Å². The Kier molecular flexibility index (Phi) is 4.46. The van der Waals surface area contributed by atoms with E-state index in [9.17, 15) is 9.18 Å². The van der Waals surface area contributed by atoms with Crippen molar-refractivity contribution in [1.29, 1.82) is 0 Å². The van der Waals surface area contributed by atoms with E-state index in [0.717, 1.165) is 0 Å². The fraction of sp³-hybridized carbons (Fsp3) is 0.125. The summed E-state index contributed by atoms with van der Waals surface area (Å²) in [6, 6.07) is 0. The third-order valence-corrected chi connectivity index (χ3v) is 1.06. The first-order valence-corrected chi connectivity index (χ1v) is 3.29. The lowest BCUT2D eigenvalue weighted by Crippen LogP contribution is -1.82. The molecule has 1 nitrogen and oxygen atoms in total. The Hall–Kier alpha value is -0.890. The minimum atomic E-state index is -0.755. The van der Waals surface area contributed by atoms with Gasteiger partial charge in [0, 0.05) is 10.6 Å². The SMILES string of the molecule is C=C(F)/C(C=O)=C\C=C(/C)Cl. The van der Waals surface area contributed by atoms with Crippen LogP contribution in [-0.4, -0.2) is 6.29 Å². The van der Waals surface area contributed by atoms with Gasteiger partial charge in [0.15, 0.2) is 6.29 Å². The summed E-state index contributed by atoms with van der Waals surface area (Å²) in [5.41, 5.74) is -0.0926. The maximum absolute atomic E-state index is 12.3. The van der Waals surface area contributed by atoms with E-state index in [-0.39, 0.29) is 5.57 Å². The molecule has 0 N–H and O–H groups in total. The molecule has 0 atom stereocenters. The molecule has 0 aliphatic rings. The quantitative estimate of drug-likeness (QED) is 0.365. The summed E-state index contributed by atoms with van der Waals surface area (Å²) in [5, 5.41) is 0.477. The topological polar surface area (TPSA) is 17.1 Å². The molecule has 0 fully saturated rings. The molecule has 0 aliphatic carbocycles. The van der Waals surface area contributed by atoms with Crippen molar-refractivity contribution in [2.24, 2.45) is 0 Å². The first kappa shape index (κ1) is 10.1. The highest BCUT2D eigenvalue weighted by Crippen LogP contribution is 2.07. The standard InChI is InChI=1S/C8H8ClFO/c1-6(9)3-4-8(5-11)7(2)10/h3-5H,2H2,1H3/b6-3+,8-4-. The van der Waals surface area contributed by atoms with Crippen LogP contribution in [0.2, 0.25) is 0 Å². The third kappa shape index (κ3) is 4.51. The molecule has 60 valence electrons. The highest BCUT2D eigenvalue weighted by Gasteiger charge is 1.96. The number of carbonyl (C=O) groups is 1. The van der Waals surface area contributed by atoms with Gasteiger partial charge in [-0.3, -0.25) is 4.79 Å². The van der Waals surface area contributed by atoms with Gasteiger partial charge in [0.1, 0.15) is 5.83 Å². The second-order valence-corrected chi connectivity index (χ2v) is 2.49. The zero-order chi connectivity index (χ0) is 8.85. The van der Waals surface area contributed by atoms with Gasteiger partial charge in [-0.15, -0.1) is 0 Å². The Morgan fingerprint density at radius 2 is 2.09 bits per heavy atom. The Balaban J connectivity index is 4.50. The van der Waals surface area contributed by atoms with E-state index < -0.39 is 5.83 Å². The van der Waals surface area contributed by atoms with Gasteiger partial charge in [-0.1, -0.05) is 18.2 Å². The second kappa shape index (κ2) is 4.85. The number of carbonyl (C=O) groups excluding carboxylic acids is 1. The van der Waals surface area contributed by atoms with E-state index in [1.807, 2.05) is 0 Å². The van der Waals surface area contributed by atoms with Gasteiger partial charge >= 0.3 is 0 Å². The number of rotatable bonds is 3. The molecule has 0 saturated carbocycles. The highest BCUT2D eigenvalue weighted by atomic mass is 35.5. The molecular formula is C8H8ClFO. The van der Waals surface area contributed by atoms with E-state index >= 15 is 0 Å². The van der Waals surface area contributed by atoms with E-state index in [2.05, 4.69) is 6.58 Å². The summed E-state index contributed by atoms with van der Waals surface area (Å²) in [6.45, 7) is 4.59. The summed E-state index contributed by atoms with van der Waals surface area (Å²) in [7, 11) is 0. The lowest BCUT2D eigenvalue weighted by Gasteiger charge is -1.89. The van der Waals surface area contributed by atoms with Crippen molar-refractivity contribution in [1.82, 2.24) is 0 Å². The van der Waals surface area contributed by atoms with E-state index in [1.165, 1.54) is 12.2 Å². The molecular weight excluding hydrogens is 167 g/mol. The average molecular weight is 175 g/mol. The minimum absolute atomic E-state index is 0.0926. The Morgan fingerprint density at radius 3 is 2.36 bits per heavy atom. The van der Waals surface area contributed by atoms with E-state index in [0.29, 0.717) is 11.3 Å². The Labute approximate surface area is 69.9 Å². The first-order valence-electron chi connectivity index (χ1n) is 2.92. The summed E-state index contributed by atoms with van der Waals surface area (Å²) in [4.78, 5) is 10.1. The van der Waals surface area contributed by atoms with Crippen LogP contribution in [0.3, 0.4) is 0 Å². The van der Waals surface area contributed by atoms with Crippen molar-refractivity contribution in [3.63, 3.8) is 0 Å². The minimum Gasteiger partial charge on any atom is -0.298 e. The van der Waals surface area contributed by atoms with Crippen molar-refractivity contribution in [2.45, 2.75) is 6.92 Å². The van der Waals surface area contributed by atoms with Gasteiger partial charge in [-0.25, -0.2) is 4.39 Å². The Bertz CT molecular complexity index is 224. The number of allylic oxidation sites excluding steroid dienone is 5. The molecule has 0 aromatic heterocycles. The smallest absolute Gasteiger partial charge is 0.152 e. The number of hydrogen-bond donors (Lipinski definition) is 0. The van der Waals surface area contributed by atoms with Crippen molar-refractivity contribution in [3.8, 4) is 0 Å². The van der Waals surface area contributed by atoms with Gasteiger partial charge in [-0.2, -0.15) is 0 Å². The maximum atomic E-state index is 12.3. The fourth-order valence-electron chi connectivity index (χ4n) is 0.398. The third-order valence-electron chi connectivity index (χ3n) is 0.933. The van der Waals surface area contributed by atoms with Crippen LogP contribution in [0.4, 0.5) is 4.39 Å². The Morgan fingerprint density at radius 1 is 1.55 bits per heavy atom. The van der Waals surface area contributed by atoms with Gasteiger partial charge in [0.25, 0.3) is 0 Å². The molecule has 0 amide bonds. The molecule has 3 heteroatoms. The van der Waals surface area contributed by atoms with Crippen LogP contribution in [-0.2, 0) is 4.79 Å². The van der Waals surface area contributed by atoms with Crippen molar-refractivity contribution in [3.05, 3.63) is 35.2 Å². The van der Waals surface area contributed by atoms with Crippen molar-refractivity contribution < 1.29 is 9.18 Å². The largest absolute Gasteiger partial charge is 0.298 e. The lowest BCUT2D eigenvalue weighted by atomic mass is 10.2. The molecule has 11 heavy (non-hydrogen) atoms. The molecule has 0 aliphatic heterocycles. The maximum Gasteiger partial charge on any atom is 0.152 e. The van der Waals surface area contributed by atoms with Gasteiger partial charge in [-0.05, 0) is 19.1 Å². The zero-order valence-electron chi connectivity index (χ0n) is 6.10. The summed E-state index contributed by atoms with van der Waals surface area (Å²) < 4.78 is 12.3. The van der Waals surface area contributed by atoms with E-state index in [1.54, 1.807) is 6.92 Å². The zero-order valence-corrected chi connectivity index (χ0v) is 6.86. The van der Waals surface area contributed by atoms with E-state index in [4.69, 9.17) is 11.6 Å². The molecule has 0 rings (SSSR count). The average Bonchev–Trinajstić information content (AvgIpc) is 1.87. The monoisotopic (exact) mass is 174 g/mol. The fourth-order valence-corrected chi connectivity index (χ4v) is 0.461. The van der Waals surface area contributed by atoms with Crippen LogP contribution in [0, 0.1) is 0 Å². The van der Waals surface area contributed by atoms with Crippen molar-refractivity contribution >= 4 is 17.9 Å². The molecule has 0 saturated heterocycles. The summed E-state index contributed by atoms with van der Waals surface area (Å²) >= 11 is 5.43. The lowest BCUT2D eigenvalue weighted by molar-refractivity contribution is -0.104. The first-order chi connectivity index (χ1) is 5.07. The molecule has 0 spiro atoms. The van der Waals surface area contributed by atoms with Crippen LogP contribution < -0.4 is 0 Å². The normalized spacial score (nSPS) is 13.0. The van der Waals surface area contributed by atoms with Crippen LogP contribution in [0.15, 0.2) is 35.2 Å². The van der Waals surface area contributed by atoms with Crippen LogP contribution >= 0.6 is 11.6 Å². The van der Waals surface area contributed by atoms with Crippen LogP contribution in [0.5, 0.6) is 0 Å². The highest BCUT2D eigenvalue weighted by molar-refractivity contribution is 6.29. The van der Waals surface area contributed by atoms with Crippen LogP contribution in [0.1, 0.15) is 6.92 Å². The predicted molar refractivity (Wildman–Crippen MR) is 44.0 cm³/mol. The van der Waals surface area contributed by atoms with Gasteiger partial charge < -0.3 is 0 Å². The summed E-state index contributed by atoms with van der Waals surface area (Å²) in [5.74, 6) is -0.755. The summed E-state index contributed by atoms with van der Waals surface area (Å²) in [6.07, 6.45) is 3.09. The molecule has 0 aromatic carbocycles. The molecule has 0 aromatic rings. The van der Waals surface area contributed by atoms with Crippen molar-refractivity contribution in [2.75, 3.05) is 0 Å².